The molecule has 3 aromatic heterocycles. The Balaban J connectivity index is 1.27. The third-order valence-corrected chi connectivity index (χ3v) is 5.75. The summed E-state index contributed by atoms with van der Waals surface area (Å²) in [5, 5.41) is 4.13. The van der Waals surface area contributed by atoms with Gasteiger partial charge in [0.25, 0.3) is 5.91 Å². The van der Waals surface area contributed by atoms with E-state index in [0.29, 0.717) is 30.5 Å². The van der Waals surface area contributed by atoms with Gasteiger partial charge in [-0.25, -0.2) is 4.98 Å². The third kappa shape index (κ3) is 3.17. The number of aryl methyl sites for hydroxylation is 1. The molecule has 0 N–H and O–H groups in total. The average molecular weight is 391 g/mol. The molecule has 0 aliphatic carbocycles. The van der Waals surface area contributed by atoms with E-state index < -0.39 is 0 Å². The Bertz CT molecular complexity index is 1030. The number of rotatable bonds is 3. The molecule has 5 rings (SSSR count). The second-order valence-electron chi connectivity index (χ2n) is 8.03. The maximum atomic E-state index is 12.6. The van der Waals surface area contributed by atoms with Crippen LogP contribution >= 0.6 is 0 Å². The summed E-state index contributed by atoms with van der Waals surface area (Å²) in [6.07, 6.45) is 7.47. The van der Waals surface area contributed by atoms with Crippen LogP contribution in [0.2, 0.25) is 0 Å². The van der Waals surface area contributed by atoms with E-state index in [1.807, 2.05) is 24.0 Å². The lowest BCUT2D eigenvalue weighted by molar-refractivity contribution is 0.0109. The maximum Gasteiger partial charge on any atom is 0.274 e. The van der Waals surface area contributed by atoms with E-state index in [9.17, 15) is 4.79 Å². The first-order chi connectivity index (χ1) is 14.0. The molecule has 1 unspecified atom stereocenters. The minimum absolute atomic E-state index is 0.0505. The summed E-state index contributed by atoms with van der Waals surface area (Å²) < 4.78 is 5.57. The predicted octanol–water partition coefficient (Wildman–Crippen LogP) is 1.75. The van der Waals surface area contributed by atoms with Crippen LogP contribution in [0, 0.1) is 12.3 Å². The molecule has 2 aliphatic heterocycles. The first kappa shape index (κ1) is 17.9. The van der Waals surface area contributed by atoms with E-state index in [1.165, 1.54) is 0 Å². The van der Waals surface area contributed by atoms with Gasteiger partial charge in [0.1, 0.15) is 5.69 Å². The Labute approximate surface area is 167 Å². The van der Waals surface area contributed by atoms with Crippen molar-refractivity contribution in [3.05, 3.63) is 54.2 Å². The smallest absolute Gasteiger partial charge is 0.274 e. The van der Waals surface area contributed by atoms with Crippen LogP contribution in [0.3, 0.4) is 0 Å². The molecule has 9 nitrogen and oxygen atoms in total. The average Bonchev–Trinajstić information content (AvgIpc) is 3.32. The number of carbonyl (C=O) groups excluding carboxylic acids is 1. The molecule has 1 atom stereocenters. The van der Waals surface area contributed by atoms with Crippen molar-refractivity contribution in [3.8, 4) is 11.4 Å². The highest BCUT2D eigenvalue weighted by Gasteiger charge is 2.53. The first-order valence-corrected chi connectivity index (χ1v) is 9.55. The lowest BCUT2D eigenvalue weighted by Crippen LogP contribution is -2.59. The lowest BCUT2D eigenvalue weighted by atomic mass is 9.77. The van der Waals surface area contributed by atoms with Crippen LogP contribution in [0.5, 0.6) is 0 Å². The second kappa shape index (κ2) is 6.70. The molecule has 1 spiro atoms. The van der Waals surface area contributed by atoms with Gasteiger partial charge in [-0.3, -0.25) is 19.7 Å². The summed E-state index contributed by atoms with van der Waals surface area (Å²) in [5.74, 6) is 1.12. The summed E-state index contributed by atoms with van der Waals surface area (Å²) in [6.45, 7) is 4.14. The summed E-state index contributed by atoms with van der Waals surface area (Å²) in [6, 6.07) is 3.77. The van der Waals surface area contributed by atoms with Crippen molar-refractivity contribution in [1.82, 2.24) is 34.9 Å². The van der Waals surface area contributed by atoms with Gasteiger partial charge in [-0.1, -0.05) is 5.16 Å². The zero-order valence-electron chi connectivity index (χ0n) is 16.3. The topological polar surface area (TPSA) is 101 Å². The minimum Gasteiger partial charge on any atom is -0.337 e. The van der Waals surface area contributed by atoms with Gasteiger partial charge in [0.05, 0.1) is 17.9 Å². The van der Waals surface area contributed by atoms with E-state index in [-0.39, 0.29) is 17.4 Å². The molecule has 3 aromatic rings. The highest BCUT2D eigenvalue weighted by Crippen LogP contribution is 2.47. The van der Waals surface area contributed by atoms with E-state index in [1.54, 1.807) is 24.8 Å². The monoisotopic (exact) mass is 391 g/mol. The normalized spacial score (nSPS) is 20.8. The van der Waals surface area contributed by atoms with Gasteiger partial charge in [0.2, 0.25) is 11.7 Å². The standard InChI is InChI=1S/C20H21N7O2/c1-13-8-23-15(9-22-13)19(28)27-11-20(12-27)7-16(26(2)10-20)18-24-17(25-29-18)14-3-5-21-6-4-14/h3-6,8-9,16H,7,10-12H2,1-2H3. The van der Waals surface area contributed by atoms with Crippen molar-refractivity contribution in [2.45, 2.75) is 19.4 Å². The molecule has 148 valence electrons. The molecule has 29 heavy (non-hydrogen) atoms. The number of aromatic nitrogens is 5. The Morgan fingerprint density at radius 2 is 1.97 bits per heavy atom. The van der Waals surface area contributed by atoms with Gasteiger partial charge in [-0.05, 0) is 32.5 Å². The molecule has 2 aliphatic rings. The molecule has 0 aromatic carbocycles. The summed E-state index contributed by atoms with van der Waals surface area (Å²) in [5.41, 5.74) is 2.13. The molecule has 9 heteroatoms. The van der Waals surface area contributed by atoms with Crippen LogP contribution < -0.4 is 0 Å². The van der Waals surface area contributed by atoms with E-state index in [2.05, 4.69) is 37.0 Å². The number of carbonyl (C=O) groups is 1. The molecule has 0 radical (unpaired) electrons. The zero-order chi connectivity index (χ0) is 20.0. The lowest BCUT2D eigenvalue weighted by Gasteiger charge is -2.47. The SMILES string of the molecule is Cc1cnc(C(=O)N2CC3(CC(c4nc(-c5ccncc5)no4)N(C)C3)C2)cn1. The van der Waals surface area contributed by atoms with E-state index >= 15 is 0 Å². The van der Waals surface area contributed by atoms with Crippen molar-refractivity contribution in [2.75, 3.05) is 26.7 Å². The number of likely N-dealkylation sites (tertiary alicyclic amines) is 2. The van der Waals surface area contributed by atoms with Gasteiger partial charge in [0.15, 0.2) is 0 Å². The van der Waals surface area contributed by atoms with Gasteiger partial charge < -0.3 is 9.42 Å². The van der Waals surface area contributed by atoms with E-state index in [4.69, 9.17) is 4.52 Å². The van der Waals surface area contributed by atoms with Crippen LogP contribution in [0.1, 0.15) is 34.5 Å². The zero-order valence-corrected chi connectivity index (χ0v) is 16.3. The summed E-state index contributed by atoms with van der Waals surface area (Å²) >= 11 is 0. The molecular formula is C20H21N7O2. The van der Waals surface area contributed by atoms with Gasteiger partial charge in [-0.2, -0.15) is 4.98 Å². The Kier molecular flexibility index (Phi) is 4.13. The van der Waals surface area contributed by atoms with Crippen LogP contribution in [0.4, 0.5) is 0 Å². The van der Waals surface area contributed by atoms with E-state index in [0.717, 1.165) is 24.2 Å². The number of pyridine rings is 1. The fraction of sp³-hybridized carbons (Fsp3) is 0.400. The summed E-state index contributed by atoms with van der Waals surface area (Å²) in [4.78, 5) is 33.7. The third-order valence-electron chi connectivity index (χ3n) is 5.75. The van der Waals surface area contributed by atoms with Crippen molar-refractivity contribution < 1.29 is 9.32 Å². The molecular weight excluding hydrogens is 370 g/mol. The number of hydrogen-bond acceptors (Lipinski definition) is 8. The molecule has 5 heterocycles. The summed E-state index contributed by atoms with van der Waals surface area (Å²) in [7, 11) is 2.06. The van der Waals surface area contributed by atoms with Crippen molar-refractivity contribution in [3.63, 3.8) is 0 Å². The fourth-order valence-electron chi connectivity index (χ4n) is 4.34. The van der Waals surface area contributed by atoms with Gasteiger partial charge >= 0.3 is 0 Å². The minimum atomic E-state index is -0.0630. The van der Waals surface area contributed by atoms with Crippen LogP contribution in [-0.2, 0) is 0 Å². The van der Waals surface area contributed by atoms with Crippen LogP contribution in [-0.4, -0.2) is 67.5 Å². The highest BCUT2D eigenvalue weighted by atomic mass is 16.5. The quantitative estimate of drug-likeness (QED) is 0.666. The Hall–Kier alpha value is -3.20. The van der Waals surface area contributed by atoms with Gasteiger partial charge in [0, 0.05) is 49.2 Å². The number of hydrogen-bond donors (Lipinski definition) is 0. The Morgan fingerprint density at radius 1 is 1.17 bits per heavy atom. The molecule has 2 saturated heterocycles. The van der Waals surface area contributed by atoms with Crippen molar-refractivity contribution in [1.29, 1.82) is 0 Å². The fourth-order valence-corrected chi connectivity index (χ4v) is 4.34. The molecule has 0 saturated carbocycles. The number of amides is 1. The molecule has 0 bridgehead atoms. The van der Waals surface area contributed by atoms with Crippen molar-refractivity contribution in [2.24, 2.45) is 5.41 Å². The maximum absolute atomic E-state index is 12.6. The van der Waals surface area contributed by atoms with Crippen molar-refractivity contribution >= 4 is 5.91 Å². The highest BCUT2D eigenvalue weighted by molar-refractivity contribution is 5.92. The largest absolute Gasteiger partial charge is 0.337 e. The van der Waals surface area contributed by atoms with Gasteiger partial charge in [-0.15, -0.1) is 0 Å². The van der Waals surface area contributed by atoms with Crippen LogP contribution in [0.15, 0.2) is 41.4 Å². The molecule has 2 fully saturated rings. The number of nitrogens with zero attached hydrogens (tertiary/aromatic N) is 7. The first-order valence-electron chi connectivity index (χ1n) is 9.55. The van der Waals surface area contributed by atoms with Crippen LogP contribution in [0.25, 0.3) is 11.4 Å². The molecule has 1 amide bonds. The Morgan fingerprint density at radius 3 is 2.69 bits per heavy atom. The second-order valence-corrected chi connectivity index (χ2v) is 8.03. The predicted molar refractivity (Wildman–Crippen MR) is 103 cm³/mol.